The standard InChI is InChI=1S/C19H19FO4/c1-12-15(9-10-21)16(19(22)23-3)13(2)17(20)18(12)24-11-14-7-5-4-6-8-14/h4-10,21H,11H2,1-3H3/b10-9+. The third-order valence-electron chi connectivity index (χ3n) is 3.77. The number of benzene rings is 2. The van der Waals surface area contributed by atoms with Gasteiger partial charge in [0.2, 0.25) is 0 Å². The molecule has 0 fully saturated rings. The molecule has 2 aromatic carbocycles. The monoisotopic (exact) mass is 330 g/mol. The maximum atomic E-state index is 14.7. The number of ether oxygens (including phenoxy) is 2. The van der Waals surface area contributed by atoms with Crippen LogP contribution < -0.4 is 4.74 Å². The SMILES string of the molecule is COC(=O)c1c(C)c(F)c(OCc2ccccc2)c(C)c1/C=C/O. The molecule has 0 unspecified atom stereocenters. The molecule has 0 atom stereocenters. The second-order valence-electron chi connectivity index (χ2n) is 5.26. The van der Waals surface area contributed by atoms with Gasteiger partial charge in [-0.25, -0.2) is 9.18 Å². The Morgan fingerprint density at radius 3 is 2.46 bits per heavy atom. The molecule has 2 rings (SSSR count). The molecule has 0 aliphatic rings. The summed E-state index contributed by atoms with van der Waals surface area (Å²) < 4.78 is 25.1. The number of hydrogen-bond donors (Lipinski definition) is 1. The Balaban J connectivity index is 2.51. The second-order valence-corrected chi connectivity index (χ2v) is 5.26. The summed E-state index contributed by atoms with van der Waals surface area (Å²) in [6.07, 6.45) is 2.12. The van der Waals surface area contributed by atoms with Crippen molar-refractivity contribution >= 4 is 12.0 Å². The lowest BCUT2D eigenvalue weighted by Gasteiger charge is -2.18. The van der Waals surface area contributed by atoms with Gasteiger partial charge in [0.05, 0.1) is 18.9 Å². The Morgan fingerprint density at radius 2 is 1.88 bits per heavy atom. The van der Waals surface area contributed by atoms with E-state index in [0.717, 1.165) is 11.8 Å². The fourth-order valence-corrected chi connectivity index (χ4v) is 2.51. The van der Waals surface area contributed by atoms with Crippen molar-refractivity contribution < 1.29 is 23.8 Å². The van der Waals surface area contributed by atoms with Gasteiger partial charge in [0.1, 0.15) is 6.61 Å². The first kappa shape index (κ1) is 17.5. The zero-order valence-electron chi connectivity index (χ0n) is 13.8. The highest BCUT2D eigenvalue weighted by atomic mass is 19.1. The highest BCUT2D eigenvalue weighted by Gasteiger charge is 2.24. The number of rotatable bonds is 5. The summed E-state index contributed by atoms with van der Waals surface area (Å²) in [4.78, 5) is 12.0. The molecule has 0 spiro atoms. The number of esters is 1. The van der Waals surface area contributed by atoms with Gasteiger partial charge < -0.3 is 14.6 Å². The van der Waals surface area contributed by atoms with Crippen LogP contribution in [0.15, 0.2) is 36.6 Å². The molecule has 0 aliphatic carbocycles. The van der Waals surface area contributed by atoms with Crippen LogP contribution in [-0.4, -0.2) is 18.2 Å². The van der Waals surface area contributed by atoms with E-state index in [0.29, 0.717) is 11.1 Å². The van der Waals surface area contributed by atoms with E-state index in [2.05, 4.69) is 0 Å². The zero-order valence-corrected chi connectivity index (χ0v) is 13.8. The summed E-state index contributed by atoms with van der Waals surface area (Å²) in [6, 6.07) is 9.37. The first-order chi connectivity index (χ1) is 11.5. The summed E-state index contributed by atoms with van der Waals surface area (Å²) in [6.45, 7) is 3.30. The number of aliphatic hydroxyl groups is 1. The highest BCUT2D eigenvalue weighted by Crippen LogP contribution is 2.34. The number of hydrogen-bond acceptors (Lipinski definition) is 4. The Bertz CT molecular complexity index is 767. The highest BCUT2D eigenvalue weighted by molar-refractivity contribution is 5.96. The molecule has 1 N–H and O–H groups in total. The van der Waals surface area contributed by atoms with Gasteiger partial charge in [-0.1, -0.05) is 30.3 Å². The van der Waals surface area contributed by atoms with Crippen LogP contribution in [0, 0.1) is 19.7 Å². The topological polar surface area (TPSA) is 55.8 Å². The maximum Gasteiger partial charge on any atom is 0.338 e. The van der Waals surface area contributed by atoms with E-state index in [9.17, 15) is 9.18 Å². The molecule has 0 bridgehead atoms. The predicted molar refractivity (Wildman–Crippen MR) is 89.7 cm³/mol. The van der Waals surface area contributed by atoms with E-state index >= 15 is 0 Å². The fourth-order valence-electron chi connectivity index (χ4n) is 2.51. The molecule has 0 heterocycles. The molecule has 0 amide bonds. The molecular weight excluding hydrogens is 311 g/mol. The quantitative estimate of drug-likeness (QED) is 0.654. The molecule has 0 aliphatic heterocycles. The first-order valence-corrected chi connectivity index (χ1v) is 7.39. The van der Waals surface area contributed by atoms with Crippen molar-refractivity contribution in [2.75, 3.05) is 7.11 Å². The zero-order chi connectivity index (χ0) is 17.7. The summed E-state index contributed by atoms with van der Waals surface area (Å²) in [7, 11) is 1.22. The van der Waals surface area contributed by atoms with Crippen LogP contribution in [0.4, 0.5) is 4.39 Å². The number of halogens is 1. The van der Waals surface area contributed by atoms with Crippen LogP contribution in [-0.2, 0) is 11.3 Å². The minimum Gasteiger partial charge on any atom is -0.516 e. The van der Waals surface area contributed by atoms with Crippen molar-refractivity contribution in [1.29, 1.82) is 0 Å². The third kappa shape index (κ3) is 3.40. The second kappa shape index (κ2) is 7.64. The Morgan fingerprint density at radius 1 is 1.21 bits per heavy atom. The van der Waals surface area contributed by atoms with Crippen molar-refractivity contribution in [3.8, 4) is 5.75 Å². The van der Waals surface area contributed by atoms with Crippen LogP contribution in [0.1, 0.15) is 32.6 Å². The van der Waals surface area contributed by atoms with Gasteiger partial charge in [0, 0.05) is 11.1 Å². The molecule has 0 radical (unpaired) electrons. The molecule has 24 heavy (non-hydrogen) atoms. The lowest BCUT2D eigenvalue weighted by atomic mass is 9.95. The fraction of sp³-hybridized carbons (Fsp3) is 0.211. The van der Waals surface area contributed by atoms with Crippen molar-refractivity contribution in [3.63, 3.8) is 0 Å². The van der Waals surface area contributed by atoms with Crippen LogP contribution in [0.3, 0.4) is 0 Å². The average molecular weight is 330 g/mol. The van der Waals surface area contributed by atoms with Crippen molar-refractivity contribution in [1.82, 2.24) is 0 Å². The summed E-state index contributed by atoms with van der Waals surface area (Å²) in [5.41, 5.74) is 1.87. The first-order valence-electron chi connectivity index (χ1n) is 7.39. The van der Waals surface area contributed by atoms with Crippen LogP contribution >= 0.6 is 0 Å². The minimum absolute atomic E-state index is 0.0529. The maximum absolute atomic E-state index is 14.7. The molecule has 0 saturated heterocycles. The summed E-state index contributed by atoms with van der Waals surface area (Å²) >= 11 is 0. The van der Waals surface area contributed by atoms with Gasteiger partial charge in [-0.15, -0.1) is 0 Å². The van der Waals surface area contributed by atoms with E-state index in [1.165, 1.54) is 20.1 Å². The Hall–Kier alpha value is -2.82. The van der Waals surface area contributed by atoms with Crippen molar-refractivity contribution in [2.45, 2.75) is 20.5 Å². The molecule has 126 valence electrons. The van der Waals surface area contributed by atoms with Crippen LogP contribution in [0.25, 0.3) is 6.08 Å². The number of carbonyl (C=O) groups is 1. The molecule has 0 saturated carbocycles. The summed E-state index contributed by atoms with van der Waals surface area (Å²) in [5.74, 6) is -1.23. The predicted octanol–water partition coefficient (Wildman–Crippen LogP) is 4.34. The largest absolute Gasteiger partial charge is 0.516 e. The number of aliphatic hydroxyl groups excluding tert-OH is 1. The van der Waals surface area contributed by atoms with Gasteiger partial charge in [-0.2, -0.15) is 0 Å². The van der Waals surface area contributed by atoms with Crippen LogP contribution in [0.2, 0.25) is 0 Å². The van der Waals surface area contributed by atoms with E-state index < -0.39 is 11.8 Å². The lowest BCUT2D eigenvalue weighted by Crippen LogP contribution is -2.12. The van der Waals surface area contributed by atoms with Gasteiger partial charge >= 0.3 is 5.97 Å². The van der Waals surface area contributed by atoms with Crippen LogP contribution in [0.5, 0.6) is 5.75 Å². The van der Waals surface area contributed by atoms with Gasteiger partial charge in [-0.05, 0) is 31.1 Å². The molecule has 5 heteroatoms. The lowest BCUT2D eigenvalue weighted by molar-refractivity contribution is 0.0598. The molecular formula is C19H19FO4. The molecule has 4 nitrogen and oxygen atoms in total. The van der Waals surface area contributed by atoms with E-state index in [1.54, 1.807) is 6.92 Å². The summed E-state index contributed by atoms with van der Waals surface area (Å²) in [5, 5.41) is 9.11. The Kier molecular flexibility index (Phi) is 5.58. The van der Waals surface area contributed by atoms with Gasteiger partial charge in [0.25, 0.3) is 0 Å². The molecule has 2 aromatic rings. The number of methoxy groups -OCH3 is 1. The normalized spacial score (nSPS) is 10.8. The van der Waals surface area contributed by atoms with E-state index in [4.69, 9.17) is 14.6 Å². The van der Waals surface area contributed by atoms with Gasteiger partial charge in [-0.3, -0.25) is 0 Å². The number of carbonyl (C=O) groups excluding carboxylic acids is 1. The third-order valence-corrected chi connectivity index (χ3v) is 3.77. The molecule has 0 aromatic heterocycles. The van der Waals surface area contributed by atoms with E-state index in [1.807, 2.05) is 30.3 Å². The average Bonchev–Trinajstić information content (AvgIpc) is 2.60. The van der Waals surface area contributed by atoms with Crippen molar-refractivity contribution in [3.05, 3.63) is 70.2 Å². The Labute approximate surface area is 140 Å². The van der Waals surface area contributed by atoms with Crippen molar-refractivity contribution in [2.24, 2.45) is 0 Å². The van der Waals surface area contributed by atoms with E-state index in [-0.39, 0.29) is 23.5 Å². The smallest absolute Gasteiger partial charge is 0.338 e. The van der Waals surface area contributed by atoms with Gasteiger partial charge in [0.15, 0.2) is 11.6 Å². The minimum atomic E-state index is -0.669.